The second-order valence-electron chi connectivity index (χ2n) is 3.74. The Kier molecular flexibility index (Phi) is 4.30. The molecule has 1 atom stereocenters. The molecular weight excluding hydrogens is 192 g/mol. The molecule has 1 heterocycles. The van der Waals surface area contributed by atoms with Crippen LogP contribution in [-0.4, -0.2) is 29.7 Å². The molecule has 0 spiro atoms. The van der Waals surface area contributed by atoms with Gasteiger partial charge in [-0.1, -0.05) is 13.8 Å². The van der Waals surface area contributed by atoms with E-state index in [4.69, 9.17) is 10.5 Å². The highest BCUT2D eigenvalue weighted by atomic mass is 16.5. The summed E-state index contributed by atoms with van der Waals surface area (Å²) in [6.45, 7) is 4.85. The SMILES string of the molecule is COc1cncc(NCC(N)C(C)C)n1. The van der Waals surface area contributed by atoms with Crippen molar-refractivity contribution in [3.63, 3.8) is 0 Å². The van der Waals surface area contributed by atoms with Crippen LogP contribution in [-0.2, 0) is 0 Å². The van der Waals surface area contributed by atoms with Crippen molar-refractivity contribution in [3.8, 4) is 5.88 Å². The summed E-state index contributed by atoms with van der Waals surface area (Å²) in [6.07, 6.45) is 3.21. The Hall–Kier alpha value is -1.36. The van der Waals surface area contributed by atoms with Gasteiger partial charge in [-0.15, -0.1) is 0 Å². The largest absolute Gasteiger partial charge is 0.480 e. The van der Waals surface area contributed by atoms with Crippen LogP contribution < -0.4 is 15.8 Å². The van der Waals surface area contributed by atoms with E-state index in [2.05, 4.69) is 29.1 Å². The molecule has 0 amide bonds. The number of nitrogens with one attached hydrogen (secondary N) is 1. The van der Waals surface area contributed by atoms with Crippen LogP contribution in [0.2, 0.25) is 0 Å². The van der Waals surface area contributed by atoms with Crippen LogP contribution in [0.15, 0.2) is 12.4 Å². The molecule has 0 aromatic carbocycles. The maximum Gasteiger partial charge on any atom is 0.233 e. The summed E-state index contributed by atoms with van der Waals surface area (Å²) in [5, 5.41) is 3.12. The van der Waals surface area contributed by atoms with E-state index in [0.29, 0.717) is 24.2 Å². The molecule has 0 saturated carbocycles. The van der Waals surface area contributed by atoms with Gasteiger partial charge in [0, 0.05) is 12.6 Å². The molecule has 0 aliphatic carbocycles. The summed E-state index contributed by atoms with van der Waals surface area (Å²) in [5.74, 6) is 1.62. The first-order valence-electron chi connectivity index (χ1n) is 4.99. The number of nitrogens with zero attached hydrogens (tertiary/aromatic N) is 2. The van der Waals surface area contributed by atoms with E-state index in [1.165, 1.54) is 0 Å². The van der Waals surface area contributed by atoms with Gasteiger partial charge in [0.2, 0.25) is 5.88 Å². The molecule has 1 aromatic rings. The summed E-state index contributed by atoms with van der Waals surface area (Å²) in [5.41, 5.74) is 5.89. The molecule has 1 aromatic heterocycles. The molecule has 1 rings (SSSR count). The van der Waals surface area contributed by atoms with Gasteiger partial charge < -0.3 is 15.8 Å². The Morgan fingerprint density at radius 3 is 2.80 bits per heavy atom. The van der Waals surface area contributed by atoms with Crippen molar-refractivity contribution in [2.75, 3.05) is 19.0 Å². The summed E-state index contributed by atoms with van der Waals surface area (Å²) in [4.78, 5) is 8.16. The summed E-state index contributed by atoms with van der Waals surface area (Å²) >= 11 is 0. The third kappa shape index (κ3) is 3.71. The lowest BCUT2D eigenvalue weighted by Gasteiger charge is -2.16. The monoisotopic (exact) mass is 210 g/mol. The fraction of sp³-hybridized carbons (Fsp3) is 0.600. The van der Waals surface area contributed by atoms with Gasteiger partial charge in [0.05, 0.1) is 19.5 Å². The number of rotatable bonds is 5. The molecule has 0 aliphatic rings. The zero-order chi connectivity index (χ0) is 11.3. The lowest BCUT2D eigenvalue weighted by Crippen LogP contribution is -2.34. The van der Waals surface area contributed by atoms with Gasteiger partial charge >= 0.3 is 0 Å². The number of hydrogen-bond acceptors (Lipinski definition) is 5. The van der Waals surface area contributed by atoms with Crippen LogP contribution in [0.25, 0.3) is 0 Å². The van der Waals surface area contributed by atoms with Gasteiger partial charge in [-0.2, -0.15) is 4.98 Å². The fourth-order valence-corrected chi connectivity index (χ4v) is 0.990. The van der Waals surface area contributed by atoms with E-state index in [1.807, 2.05) is 0 Å². The molecule has 0 aliphatic heterocycles. The molecule has 1 unspecified atom stereocenters. The minimum atomic E-state index is 0.109. The summed E-state index contributed by atoms with van der Waals surface area (Å²) in [7, 11) is 1.56. The summed E-state index contributed by atoms with van der Waals surface area (Å²) < 4.78 is 4.96. The molecule has 84 valence electrons. The Labute approximate surface area is 90.1 Å². The Balaban J connectivity index is 2.50. The van der Waals surface area contributed by atoms with Gasteiger partial charge in [0.25, 0.3) is 0 Å². The minimum absolute atomic E-state index is 0.109. The van der Waals surface area contributed by atoms with Crippen molar-refractivity contribution < 1.29 is 4.74 Å². The number of nitrogens with two attached hydrogens (primary N) is 1. The number of hydrogen-bond donors (Lipinski definition) is 2. The lowest BCUT2D eigenvalue weighted by molar-refractivity contribution is 0.396. The average molecular weight is 210 g/mol. The molecular formula is C10H18N4O. The highest BCUT2D eigenvalue weighted by molar-refractivity contribution is 5.33. The van der Waals surface area contributed by atoms with Crippen molar-refractivity contribution in [2.24, 2.45) is 11.7 Å². The zero-order valence-corrected chi connectivity index (χ0v) is 9.40. The predicted molar refractivity (Wildman–Crippen MR) is 59.9 cm³/mol. The second-order valence-corrected chi connectivity index (χ2v) is 3.74. The van der Waals surface area contributed by atoms with Crippen LogP contribution in [0, 0.1) is 5.92 Å². The first-order valence-corrected chi connectivity index (χ1v) is 4.99. The van der Waals surface area contributed by atoms with E-state index in [-0.39, 0.29) is 6.04 Å². The first-order chi connectivity index (χ1) is 7.13. The molecule has 5 heteroatoms. The Morgan fingerprint density at radius 2 is 2.20 bits per heavy atom. The average Bonchev–Trinajstić information content (AvgIpc) is 2.26. The van der Waals surface area contributed by atoms with Gasteiger partial charge in [-0.25, -0.2) is 0 Å². The summed E-state index contributed by atoms with van der Waals surface area (Å²) in [6, 6.07) is 0.109. The van der Waals surface area contributed by atoms with Crippen LogP contribution in [0.1, 0.15) is 13.8 Å². The number of aromatic nitrogens is 2. The van der Waals surface area contributed by atoms with Crippen LogP contribution in [0.3, 0.4) is 0 Å². The first kappa shape index (κ1) is 11.7. The smallest absolute Gasteiger partial charge is 0.233 e. The maximum absolute atomic E-state index is 5.89. The van der Waals surface area contributed by atoms with Crippen molar-refractivity contribution in [2.45, 2.75) is 19.9 Å². The molecule has 3 N–H and O–H groups in total. The topological polar surface area (TPSA) is 73.1 Å². The van der Waals surface area contributed by atoms with Gasteiger partial charge in [-0.05, 0) is 5.92 Å². The lowest BCUT2D eigenvalue weighted by atomic mass is 10.1. The third-order valence-electron chi connectivity index (χ3n) is 2.20. The standard InChI is InChI=1S/C10H18N4O/c1-7(2)8(11)4-13-9-5-12-6-10(14-9)15-3/h5-8H,4,11H2,1-3H3,(H,13,14). The quantitative estimate of drug-likeness (QED) is 0.754. The molecule has 0 radical (unpaired) electrons. The fourth-order valence-electron chi connectivity index (χ4n) is 0.990. The van der Waals surface area contributed by atoms with Crippen LogP contribution >= 0.6 is 0 Å². The van der Waals surface area contributed by atoms with E-state index in [9.17, 15) is 0 Å². The molecule has 0 saturated heterocycles. The number of methoxy groups -OCH3 is 1. The van der Waals surface area contributed by atoms with Gasteiger partial charge in [0.15, 0.2) is 0 Å². The highest BCUT2D eigenvalue weighted by Crippen LogP contribution is 2.08. The Bertz CT molecular complexity index is 303. The van der Waals surface area contributed by atoms with Crippen molar-refractivity contribution in [1.82, 2.24) is 9.97 Å². The number of anilines is 1. The maximum atomic E-state index is 5.89. The van der Waals surface area contributed by atoms with Crippen LogP contribution in [0.5, 0.6) is 5.88 Å². The number of ether oxygens (including phenoxy) is 1. The Morgan fingerprint density at radius 1 is 1.47 bits per heavy atom. The van der Waals surface area contributed by atoms with Gasteiger partial charge in [0.1, 0.15) is 5.82 Å². The van der Waals surface area contributed by atoms with Crippen molar-refractivity contribution >= 4 is 5.82 Å². The van der Waals surface area contributed by atoms with Gasteiger partial charge in [-0.3, -0.25) is 4.98 Å². The normalized spacial score (nSPS) is 12.6. The van der Waals surface area contributed by atoms with E-state index < -0.39 is 0 Å². The van der Waals surface area contributed by atoms with Crippen molar-refractivity contribution in [1.29, 1.82) is 0 Å². The third-order valence-corrected chi connectivity index (χ3v) is 2.20. The van der Waals surface area contributed by atoms with E-state index in [1.54, 1.807) is 19.5 Å². The molecule has 15 heavy (non-hydrogen) atoms. The molecule has 5 nitrogen and oxygen atoms in total. The minimum Gasteiger partial charge on any atom is -0.480 e. The van der Waals surface area contributed by atoms with Crippen molar-refractivity contribution in [3.05, 3.63) is 12.4 Å². The van der Waals surface area contributed by atoms with E-state index >= 15 is 0 Å². The predicted octanol–water partition coefficient (Wildman–Crippen LogP) is 0.880. The molecule has 0 bridgehead atoms. The second kappa shape index (κ2) is 5.50. The molecule has 0 fully saturated rings. The highest BCUT2D eigenvalue weighted by Gasteiger charge is 2.07. The van der Waals surface area contributed by atoms with Crippen LogP contribution in [0.4, 0.5) is 5.82 Å². The zero-order valence-electron chi connectivity index (χ0n) is 9.40. The van der Waals surface area contributed by atoms with E-state index in [0.717, 1.165) is 0 Å².